The summed E-state index contributed by atoms with van der Waals surface area (Å²) in [7, 11) is -3.75. The lowest BCUT2D eigenvalue weighted by Gasteiger charge is -2.06. The van der Waals surface area contributed by atoms with Gasteiger partial charge in [0.2, 0.25) is 21.8 Å². The van der Waals surface area contributed by atoms with Gasteiger partial charge >= 0.3 is 0 Å². The Balaban J connectivity index is 2.11. The average molecular weight is 313 g/mol. The molecule has 1 heterocycles. The van der Waals surface area contributed by atoms with E-state index in [1.807, 2.05) is 13.8 Å². The normalized spacial score (nSPS) is 12.0. The Kier molecular flexibility index (Phi) is 4.38. The molecule has 114 valence electrons. The summed E-state index contributed by atoms with van der Waals surface area (Å²) in [6.45, 7) is 5.17. The van der Waals surface area contributed by atoms with Crippen LogP contribution in [0.3, 0.4) is 0 Å². The maximum absolute atomic E-state index is 13.2. The van der Waals surface area contributed by atoms with E-state index < -0.39 is 15.8 Å². The minimum absolute atomic E-state index is 0.00926. The molecule has 1 aromatic carbocycles. The number of aromatic nitrogens is 2. The van der Waals surface area contributed by atoms with Gasteiger partial charge in [0.05, 0.1) is 11.4 Å². The maximum atomic E-state index is 13.2. The highest BCUT2D eigenvalue weighted by atomic mass is 32.2. The van der Waals surface area contributed by atoms with Gasteiger partial charge in [-0.05, 0) is 30.7 Å². The molecular formula is C13H16FN3O3S. The molecule has 1 N–H and O–H groups in total. The highest BCUT2D eigenvalue weighted by Crippen LogP contribution is 2.15. The minimum atomic E-state index is -3.75. The van der Waals surface area contributed by atoms with Gasteiger partial charge in [-0.25, -0.2) is 17.5 Å². The van der Waals surface area contributed by atoms with E-state index in [2.05, 4.69) is 14.9 Å². The first-order valence-electron chi connectivity index (χ1n) is 6.37. The molecule has 0 radical (unpaired) electrons. The fourth-order valence-electron chi connectivity index (χ4n) is 1.60. The van der Waals surface area contributed by atoms with Crippen LogP contribution in [0, 0.1) is 12.7 Å². The summed E-state index contributed by atoms with van der Waals surface area (Å²) in [5.41, 5.74) is 0.262. The molecule has 0 bridgehead atoms. The van der Waals surface area contributed by atoms with Gasteiger partial charge in [0.15, 0.2) is 0 Å². The van der Waals surface area contributed by atoms with Crippen molar-refractivity contribution in [3.05, 3.63) is 41.4 Å². The SMILES string of the molecule is Cc1cc(S(=O)(=O)NCc2nnc(C(C)C)o2)ccc1F. The van der Waals surface area contributed by atoms with Crippen molar-refractivity contribution in [2.75, 3.05) is 0 Å². The van der Waals surface area contributed by atoms with Crippen molar-refractivity contribution in [1.82, 2.24) is 14.9 Å². The smallest absolute Gasteiger partial charge is 0.241 e. The Morgan fingerprint density at radius 1 is 1.33 bits per heavy atom. The van der Waals surface area contributed by atoms with Crippen LogP contribution in [0.25, 0.3) is 0 Å². The van der Waals surface area contributed by atoms with E-state index in [4.69, 9.17) is 4.42 Å². The van der Waals surface area contributed by atoms with E-state index >= 15 is 0 Å². The van der Waals surface area contributed by atoms with Crippen molar-refractivity contribution in [2.45, 2.75) is 38.1 Å². The average Bonchev–Trinajstić information content (AvgIpc) is 2.89. The number of hydrogen-bond donors (Lipinski definition) is 1. The van der Waals surface area contributed by atoms with Gasteiger partial charge < -0.3 is 4.42 Å². The molecular weight excluding hydrogens is 297 g/mol. The van der Waals surface area contributed by atoms with Crippen LogP contribution in [0.4, 0.5) is 4.39 Å². The van der Waals surface area contributed by atoms with Crippen LogP contribution < -0.4 is 4.72 Å². The summed E-state index contributed by atoms with van der Waals surface area (Å²) in [6, 6.07) is 3.59. The first-order valence-corrected chi connectivity index (χ1v) is 7.86. The summed E-state index contributed by atoms with van der Waals surface area (Å²) in [5, 5.41) is 7.58. The van der Waals surface area contributed by atoms with E-state index in [1.165, 1.54) is 19.1 Å². The Morgan fingerprint density at radius 2 is 2.05 bits per heavy atom. The molecule has 0 fully saturated rings. The summed E-state index contributed by atoms with van der Waals surface area (Å²) < 4.78 is 45.0. The fraction of sp³-hybridized carbons (Fsp3) is 0.385. The summed E-state index contributed by atoms with van der Waals surface area (Å²) in [5.74, 6) is 0.248. The number of nitrogens with one attached hydrogen (secondary N) is 1. The molecule has 0 unspecified atom stereocenters. The molecule has 2 aromatic rings. The van der Waals surface area contributed by atoms with E-state index in [9.17, 15) is 12.8 Å². The molecule has 0 amide bonds. The van der Waals surface area contributed by atoms with Crippen molar-refractivity contribution >= 4 is 10.0 Å². The van der Waals surface area contributed by atoms with Crippen LogP contribution in [0.15, 0.2) is 27.5 Å². The third-order valence-corrected chi connectivity index (χ3v) is 4.23. The standard InChI is InChI=1S/C13H16FN3O3S/c1-8(2)13-17-16-12(20-13)7-15-21(18,19)10-4-5-11(14)9(3)6-10/h4-6,8,15H,7H2,1-3H3. The first kappa shape index (κ1) is 15.6. The number of sulfonamides is 1. The molecule has 0 aliphatic carbocycles. The molecule has 2 rings (SSSR count). The third kappa shape index (κ3) is 3.64. The zero-order valence-corrected chi connectivity index (χ0v) is 12.7. The van der Waals surface area contributed by atoms with Gasteiger partial charge in [-0.1, -0.05) is 13.8 Å². The summed E-state index contributed by atoms with van der Waals surface area (Å²) in [6.07, 6.45) is 0. The quantitative estimate of drug-likeness (QED) is 0.914. The van der Waals surface area contributed by atoms with Crippen LogP contribution in [-0.4, -0.2) is 18.6 Å². The predicted octanol–water partition coefficient (Wildman–Crippen LogP) is 2.12. The molecule has 21 heavy (non-hydrogen) atoms. The molecule has 1 aromatic heterocycles. The van der Waals surface area contributed by atoms with Crippen LogP contribution in [0.2, 0.25) is 0 Å². The second kappa shape index (κ2) is 5.90. The monoisotopic (exact) mass is 313 g/mol. The Hall–Kier alpha value is -1.80. The predicted molar refractivity (Wildman–Crippen MR) is 73.5 cm³/mol. The van der Waals surface area contributed by atoms with E-state index in [1.54, 1.807) is 0 Å². The molecule has 0 atom stereocenters. The minimum Gasteiger partial charge on any atom is -0.424 e. The van der Waals surface area contributed by atoms with Gasteiger partial charge in [-0.3, -0.25) is 0 Å². The van der Waals surface area contributed by atoms with Gasteiger partial charge in [0.1, 0.15) is 5.82 Å². The zero-order chi connectivity index (χ0) is 15.6. The first-order chi connectivity index (χ1) is 9.79. The van der Waals surface area contributed by atoms with E-state index in [0.717, 1.165) is 6.07 Å². The molecule has 0 spiro atoms. The number of rotatable bonds is 5. The lowest BCUT2D eigenvalue weighted by atomic mass is 10.2. The molecule has 0 saturated carbocycles. The van der Waals surface area contributed by atoms with Gasteiger partial charge in [0, 0.05) is 5.92 Å². The fourth-order valence-corrected chi connectivity index (χ4v) is 2.66. The largest absolute Gasteiger partial charge is 0.424 e. The van der Waals surface area contributed by atoms with E-state index in [-0.39, 0.29) is 28.8 Å². The van der Waals surface area contributed by atoms with Crippen LogP contribution in [0.5, 0.6) is 0 Å². The molecule has 8 heteroatoms. The van der Waals surface area contributed by atoms with Crippen molar-refractivity contribution in [3.8, 4) is 0 Å². The third-order valence-electron chi connectivity index (χ3n) is 2.83. The van der Waals surface area contributed by atoms with Crippen molar-refractivity contribution < 1.29 is 17.2 Å². The zero-order valence-electron chi connectivity index (χ0n) is 11.9. The molecule has 6 nitrogen and oxygen atoms in total. The highest BCUT2D eigenvalue weighted by molar-refractivity contribution is 7.89. The van der Waals surface area contributed by atoms with Gasteiger partial charge in [0.25, 0.3) is 0 Å². The van der Waals surface area contributed by atoms with Gasteiger partial charge in [-0.15, -0.1) is 10.2 Å². The Labute approximate surface area is 122 Å². The molecule has 0 aliphatic rings. The van der Waals surface area contributed by atoms with Crippen LogP contribution >= 0.6 is 0 Å². The van der Waals surface area contributed by atoms with Gasteiger partial charge in [-0.2, -0.15) is 0 Å². The summed E-state index contributed by atoms with van der Waals surface area (Å²) >= 11 is 0. The molecule has 0 saturated heterocycles. The number of aryl methyl sites for hydroxylation is 1. The Morgan fingerprint density at radius 3 is 2.62 bits per heavy atom. The second-order valence-corrected chi connectivity index (χ2v) is 6.69. The topological polar surface area (TPSA) is 85.1 Å². The van der Waals surface area contributed by atoms with Crippen molar-refractivity contribution in [2.24, 2.45) is 0 Å². The van der Waals surface area contributed by atoms with Crippen LogP contribution in [-0.2, 0) is 16.6 Å². The number of halogens is 1. The van der Waals surface area contributed by atoms with Crippen molar-refractivity contribution in [3.63, 3.8) is 0 Å². The lowest BCUT2D eigenvalue weighted by Crippen LogP contribution is -2.23. The maximum Gasteiger partial charge on any atom is 0.241 e. The van der Waals surface area contributed by atoms with E-state index in [0.29, 0.717) is 5.89 Å². The number of nitrogens with zero attached hydrogens (tertiary/aromatic N) is 2. The number of hydrogen-bond acceptors (Lipinski definition) is 5. The lowest BCUT2D eigenvalue weighted by molar-refractivity contribution is 0.427. The van der Waals surface area contributed by atoms with Crippen molar-refractivity contribution in [1.29, 1.82) is 0 Å². The number of benzene rings is 1. The Bertz CT molecular complexity index is 741. The molecule has 0 aliphatic heterocycles. The highest BCUT2D eigenvalue weighted by Gasteiger charge is 2.17. The summed E-state index contributed by atoms with van der Waals surface area (Å²) in [4.78, 5) is -0.00926. The van der Waals surface area contributed by atoms with Crippen LogP contribution in [0.1, 0.15) is 37.1 Å². The second-order valence-electron chi connectivity index (χ2n) is 4.92.